The molecule has 1 aromatic heterocycles. The second-order valence-electron chi connectivity index (χ2n) is 5.83. The molecule has 3 rings (SSSR count). The first-order chi connectivity index (χ1) is 8.72. The van der Waals surface area contributed by atoms with E-state index in [9.17, 15) is 0 Å². The average Bonchev–Trinajstić information content (AvgIpc) is 2.93. The van der Waals surface area contributed by atoms with E-state index in [2.05, 4.69) is 17.6 Å². The highest BCUT2D eigenvalue weighted by Gasteiger charge is 2.33. The minimum Gasteiger partial charge on any atom is -0.379 e. The van der Waals surface area contributed by atoms with Crippen molar-refractivity contribution in [2.45, 2.75) is 63.6 Å². The van der Waals surface area contributed by atoms with Gasteiger partial charge in [0.1, 0.15) is 0 Å². The Balaban J connectivity index is 2.01. The zero-order valence-corrected chi connectivity index (χ0v) is 11.5. The number of ether oxygens (including phenoxy) is 1. The molecule has 0 aliphatic heterocycles. The van der Waals surface area contributed by atoms with Crippen molar-refractivity contribution >= 4 is 0 Å². The lowest BCUT2D eigenvalue weighted by molar-refractivity contribution is 0.0734. The van der Waals surface area contributed by atoms with Crippen molar-refractivity contribution in [2.24, 2.45) is 5.73 Å². The molecular formula is C15H24N2O. The monoisotopic (exact) mass is 248 g/mol. The topological polar surface area (TPSA) is 40.2 Å². The third-order valence-electron chi connectivity index (χ3n) is 4.75. The molecule has 3 atom stereocenters. The van der Waals surface area contributed by atoms with Crippen LogP contribution in [0, 0.1) is 6.92 Å². The van der Waals surface area contributed by atoms with Gasteiger partial charge in [-0.05, 0) is 57.1 Å². The van der Waals surface area contributed by atoms with E-state index in [0.717, 1.165) is 6.42 Å². The van der Waals surface area contributed by atoms with Crippen molar-refractivity contribution in [3.8, 4) is 0 Å². The summed E-state index contributed by atoms with van der Waals surface area (Å²) < 4.78 is 8.21. The third kappa shape index (κ3) is 1.81. The highest BCUT2D eigenvalue weighted by Crippen LogP contribution is 2.39. The largest absolute Gasteiger partial charge is 0.379 e. The summed E-state index contributed by atoms with van der Waals surface area (Å²) in [7, 11) is 1.85. The molecule has 0 amide bonds. The summed E-state index contributed by atoms with van der Waals surface area (Å²) in [6, 6.07) is 3.09. The molecule has 3 unspecified atom stereocenters. The Morgan fingerprint density at radius 2 is 2.11 bits per heavy atom. The maximum Gasteiger partial charge on any atom is 0.0778 e. The number of hydrogen-bond donors (Lipinski definition) is 1. The molecule has 18 heavy (non-hydrogen) atoms. The number of methoxy groups -OCH3 is 1. The van der Waals surface area contributed by atoms with Gasteiger partial charge < -0.3 is 15.0 Å². The number of nitrogens with zero attached hydrogens (tertiary/aromatic N) is 1. The minimum absolute atomic E-state index is 0.246. The zero-order valence-electron chi connectivity index (χ0n) is 11.5. The number of fused-ring (bicyclic) bond motifs is 1. The SMILES string of the molecule is COC1CCCC1n1c(C)cc2c1CCCC2N. The molecule has 3 nitrogen and oxygen atoms in total. The quantitative estimate of drug-likeness (QED) is 0.874. The Kier molecular flexibility index (Phi) is 3.20. The lowest BCUT2D eigenvalue weighted by atomic mass is 9.93. The number of nitrogens with two attached hydrogens (primary N) is 1. The Labute approximate surface area is 109 Å². The van der Waals surface area contributed by atoms with Gasteiger partial charge in [0.25, 0.3) is 0 Å². The van der Waals surface area contributed by atoms with E-state index < -0.39 is 0 Å². The van der Waals surface area contributed by atoms with Gasteiger partial charge in [0.2, 0.25) is 0 Å². The van der Waals surface area contributed by atoms with Crippen LogP contribution in [-0.4, -0.2) is 17.8 Å². The number of aryl methyl sites for hydroxylation is 1. The van der Waals surface area contributed by atoms with Crippen LogP contribution in [0.25, 0.3) is 0 Å². The second-order valence-corrected chi connectivity index (χ2v) is 5.83. The average molecular weight is 248 g/mol. The molecule has 100 valence electrons. The van der Waals surface area contributed by atoms with Gasteiger partial charge in [-0.1, -0.05) is 0 Å². The smallest absolute Gasteiger partial charge is 0.0778 e. The van der Waals surface area contributed by atoms with Crippen LogP contribution in [0.4, 0.5) is 0 Å². The Bertz CT molecular complexity index is 438. The molecule has 1 saturated carbocycles. The van der Waals surface area contributed by atoms with Gasteiger partial charge in [0.05, 0.1) is 12.1 Å². The zero-order chi connectivity index (χ0) is 12.7. The fraction of sp³-hybridized carbons (Fsp3) is 0.733. The third-order valence-corrected chi connectivity index (χ3v) is 4.75. The number of hydrogen-bond acceptors (Lipinski definition) is 2. The molecule has 3 heteroatoms. The van der Waals surface area contributed by atoms with E-state index in [1.54, 1.807) is 0 Å². The van der Waals surface area contributed by atoms with Crippen LogP contribution < -0.4 is 5.73 Å². The number of aromatic nitrogens is 1. The van der Waals surface area contributed by atoms with Crippen molar-refractivity contribution in [1.82, 2.24) is 4.57 Å². The highest BCUT2D eigenvalue weighted by molar-refractivity contribution is 5.33. The molecule has 0 spiro atoms. The molecular weight excluding hydrogens is 224 g/mol. The molecule has 1 heterocycles. The summed E-state index contributed by atoms with van der Waals surface area (Å²) in [4.78, 5) is 0. The Morgan fingerprint density at radius 3 is 2.89 bits per heavy atom. The molecule has 0 bridgehead atoms. The fourth-order valence-electron chi connectivity index (χ4n) is 3.90. The molecule has 2 N–H and O–H groups in total. The van der Waals surface area contributed by atoms with Gasteiger partial charge in [-0.3, -0.25) is 0 Å². The Hall–Kier alpha value is -0.800. The van der Waals surface area contributed by atoms with Crippen LogP contribution in [-0.2, 0) is 11.2 Å². The summed E-state index contributed by atoms with van der Waals surface area (Å²) in [6.45, 7) is 2.22. The molecule has 0 radical (unpaired) electrons. The van der Waals surface area contributed by atoms with Gasteiger partial charge in [-0.2, -0.15) is 0 Å². The van der Waals surface area contributed by atoms with Crippen molar-refractivity contribution in [1.29, 1.82) is 0 Å². The van der Waals surface area contributed by atoms with Crippen LogP contribution >= 0.6 is 0 Å². The van der Waals surface area contributed by atoms with Gasteiger partial charge in [-0.25, -0.2) is 0 Å². The first-order valence-electron chi connectivity index (χ1n) is 7.21. The molecule has 2 aliphatic carbocycles. The van der Waals surface area contributed by atoms with Gasteiger partial charge in [-0.15, -0.1) is 0 Å². The van der Waals surface area contributed by atoms with Gasteiger partial charge in [0, 0.05) is 24.5 Å². The fourth-order valence-corrected chi connectivity index (χ4v) is 3.90. The van der Waals surface area contributed by atoms with Crippen LogP contribution in [0.3, 0.4) is 0 Å². The van der Waals surface area contributed by atoms with Crippen LogP contribution in [0.1, 0.15) is 61.1 Å². The van der Waals surface area contributed by atoms with Crippen molar-refractivity contribution < 1.29 is 4.74 Å². The predicted octanol–water partition coefficient (Wildman–Crippen LogP) is 2.87. The summed E-state index contributed by atoms with van der Waals surface area (Å²) in [6.07, 6.45) is 7.65. The summed E-state index contributed by atoms with van der Waals surface area (Å²) >= 11 is 0. The summed E-state index contributed by atoms with van der Waals surface area (Å²) in [5, 5.41) is 0. The standard InChI is InChI=1S/C15H24N2O/c1-10-9-11-12(16)5-3-6-13(11)17(10)14-7-4-8-15(14)18-2/h9,12,14-15H,3-8,16H2,1-2H3. The van der Waals surface area contributed by atoms with Gasteiger partial charge in [0.15, 0.2) is 0 Å². The summed E-state index contributed by atoms with van der Waals surface area (Å²) in [5.74, 6) is 0. The maximum atomic E-state index is 6.25. The molecule has 2 aliphatic rings. The van der Waals surface area contributed by atoms with E-state index in [-0.39, 0.29) is 6.04 Å². The molecule has 1 fully saturated rings. The first kappa shape index (κ1) is 12.2. The number of rotatable bonds is 2. The van der Waals surface area contributed by atoms with Crippen LogP contribution in [0.2, 0.25) is 0 Å². The Morgan fingerprint density at radius 1 is 1.28 bits per heavy atom. The first-order valence-corrected chi connectivity index (χ1v) is 7.21. The van der Waals surface area contributed by atoms with E-state index in [1.165, 1.54) is 49.1 Å². The van der Waals surface area contributed by atoms with E-state index in [0.29, 0.717) is 12.1 Å². The van der Waals surface area contributed by atoms with Gasteiger partial charge >= 0.3 is 0 Å². The highest BCUT2D eigenvalue weighted by atomic mass is 16.5. The summed E-state index contributed by atoms with van der Waals surface area (Å²) in [5.41, 5.74) is 10.5. The van der Waals surface area contributed by atoms with Crippen LogP contribution in [0.5, 0.6) is 0 Å². The van der Waals surface area contributed by atoms with Crippen molar-refractivity contribution in [3.05, 3.63) is 23.0 Å². The normalized spacial score (nSPS) is 31.6. The molecule has 0 aromatic carbocycles. The molecule has 1 aromatic rings. The van der Waals surface area contributed by atoms with E-state index >= 15 is 0 Å². The second kappa shape index (κ2) is 4.71. The predicted molar refractivity (Wildman–Crippen MR) is 72.7 cm³/mol. The van der Waals surface area contributed by atoms with E-state index in [1.807, 2.05) is 7.11 Å². The van der Waals surface area contributed by atoms with Crippen molar-refractivity contribution in [2.75, 3.05) is 7.11 Å². The maximum absolute atomic E-state index is 6.25. The lowest BCUT2D eigenvalue weighted by Gasteiger charge is -2.27. The lowest BCUT2D eigenvalue weighted by Crippen LogP contribution is -2.25. The van der Waals surface area contributed by atoms with Crippen LogP contribution in [0.15, 0.2) is 6.07 Å². The van der Waals surface area contributed by atoms with Crippen molar-refractivity contribution in [3.63, 3.8) is 0 Å². The van der Waals surface area contributed by atoms with E-state index in [4.69, 9.17) is 10.5 Å². The minimum atomic E-state index is 0.246. The molecule has 0 saturated heterocycles.